The fourth-order valence-electron chi connectivity index (χ4n) is 2.74. The van der Waals surface area contributed by atoms with E-state index in [1.807, 2.05) is 0 Å². The predicted molar refractivity (Wildman–Crippen MR) is 63.0 cm³/mol. The highest BCUT2D eigenvalue weighted by molar-refractivity contribution is 6.20. The maximum Gasteiger partial charge on any atom is 0.280 e. The van der Waals surface area contributed by atoms with Gasteiger partial charge in [-0.3, -0.25) is 19.5 Å². The molecule has 0 spiro atoms. The molecule has 0 saturated heterocycles. The lowest BCUT2D eigenvalue weighted by Gasteiger charge is -2.26. The Hall–Kier alpha value is -1.75. The van der Waals surface area contributed by atoms with Gasteiger partial charge in [0.25, 0.3) is 11.8 Å². The lowest BCUT2D eigenvalue weighted by Crippen LogP contribution is -2.43. The summed E-state index contributed by atoms with van der Waals surface area (Å²) in [5.41, 5.74) is -0.374. The molecule has 0 radical (unpaired) electrons. The van der Waals surface area contributed by atoms with Crippen molar-refractivity contribution < 1.29 is 14.7 Å². The Balaban J connectivity index is 1.88. The summed E-state index contributed by atoms with van der Waals surface area (Å²) in [4.78, 5) is 29.2. The number of carbonyl (C=O) groups excluding carboxylic acids is 2. The van der Waals surface area contributed by atoms with E-state index in [1.165, 1.54) is 6.20 Å². The first-order valence-electron chi connectivity index (χ1n) is 6.14. The molecular formula is C13H14N2O3. The average Bonchev–Trinajstić information content (AvgIpc) is 2.89. The van der Waals surface area contributed by atoms with E-state index < -0.39 is 11.5 Å². The molecule has 0 atom stereocenters. The second kappa shape index (κ2) is 3.88. The van der Waals surface area contributed by atoms with Crippen LogP contribution in [0.3, 0.4) is 0 Å². The lowest BCUT2D eigenvalue weighted by atomic mass is 10.0. The molecule has 18 heavy (non-hydrogen) atoms. The Morgan fingerprint density at radius 1 is 1.28 bits per heavy atom. The highest BCUT2D eigenvalue weighted by Gasteiger charge is 2.42. The van der Waals surface area contributed by atoms with E-state index in [0.717, 1.165) is 17.7 Å². The van der Waals surface area contributed by atoms with Gasteiger partial charge in [-0.05, 0) is 25.0 Å². The minimum Gasteiger partial charge on any atom is -0.388 e. The van der Waals surface area contributed by atoms with Crippen molar-refractivity contribution in [2.45, 2.75) is 31.3 Å². The van der Waals surface area contributed by atoms with Crippen molar-refractivity contribution in [1.82, 2.24) is 9.88 Å². The van der Waals surface area contributed by atoms with Crippen LogP contribution in [0.15, 0.2) is 18.3 Å². The highest BCUT2D eigenvalue weighted by Crippen LogP contribution is 2.32. The number of hydrogen-bond donors (Lipinski definition) is 1. The molecule has 0 aromatic carbocycles. The van der Waals surface area contributed by atoms with E-state index in [0.29, 0.717) is 18.4 Å². The van der Waals surface area contributed by atoms with Crippen LogP contribution in [0.4, 0.5) is 0 Å². The van der Waals surface area contributed by atoms with Gasteiger partial charge in [-0.15, -0.1) is 0 Å². The van der Waals surface area contributed by atoms with E-state index in [-0.39, 0.29) is 18.1 Å². The first-order chi connectivity index (χ1) is 8.61. The highest BCUT2D eigenvalue weighted by atomic mass is 16.3. The van der Waals surface area contributed by atoms with Crippen molar-refractivity contribution in [3.05, 3.63) is 29.6 Å². The fourth-order valence-corrected chi connectivity index (χ4v) is 2.74. The molecule has 5 heteroatoms. The Morgan fingerprint density at radius 2 is 2.00 bits per heavy atom. The summed E-state index contributed by atoms with van der Waals surface area (Å²) in [5, 5.41) is 10.3. The smallest absolute Gasteiger partial charge is 0.280 e. The van der Waals surface area contributed by atoms with Gasteiger partial charge in [0, 0.05) is 6.20 Å². The fraction of sp³-hybridized carbons (Fsp3) is 0.462. The zero-order chi connectivity index (χ0) is 12.8. The van der Waals surface area contributed by atoms with Crippen LogP contribution in [-0.2, 0) is 0 Å². The SMILES string of the molecule is O=C1c2cccnc2C(=O)N1CC1(O)CCCC1. The van der Waals surface area contributed by atoms with Gasteiger partial charge in [0.15, 0.2) is 0 Å². The van der Waals surface area contributed by atoms with Gasteiger partial charge in [0.2, 0.25) is 0 Å². The van der Waals surface area contributed by atoms with Crippen molar-refractivity contribution in [1.29, 1.82) is 0 Å². The first-order valence-corrected chi connectivity index (χ1v) is 6.14. The third-order valence-electron chi connectivity index (χ3n) is 3.72. The van der Waals surface area contributed by atoms with Crippen molar-refractivity contribution in [3.63, 3.8) is 0 Å². The number of aromatic nitrogens is 1. The third kappa shape index (κ3) is 1.62. The largest absolute Gasteiger partial charge is 0.388 e. The standard InChI is InChI=1S/C13H14N2O3/c16-11-9-4-3-7-14-10(9)12(17)15(11)8-13(18)5-1-2-6-13/h3-4,7,18H,1-2,5-6,8H2. The van der Waals surface area contributed by atoms with Gasteiger partial charge < -0.3 is 5.11 Å². The van der Waals surface area contributed by atoms with E-state index >= 15 is 0 Å². The van der Waals surface area contributed by atoms with E-state index in [9.17, 15) is 14.7 Å². The number of carbonyl (C=O) groups is 2. The summed E-state index contributed by atoms with van der Waals surface area (Å²) in [6.45, 7) is 0.0844. The van der Waals surface area contributed by atoms with E-state index in [4.69, 9.17) is 0 Å². The summed E-state index contributed by atoms with van der Waals surface area (Å²) in [6.07, 6.45) is 4.68. The predicted octanol–water partition coefficient (Wildman–Crippen LogP) is 0.983. The Labute approximate surface area is 104 Å². The molecule has 2 amide bonds. The van der Waals surface area contributed by atoms with E-state index in [2.05, 4.69) is 4.98 Å². The topological polar surface area (TPSA) is 70.5 Å². The molecule has 5 nitrogen and oxygen atoms in total. The molecule has 0 unspecified atom stereocenters. The first kappa shape index (κ1) is 11.3. The van der Waals surface area contributed by atoms with Gasteiger partial charge in [-0.25, -0.2) is 0 Å². The van der Waals surface area contributed by atoms with Crippen LogP contribution in [-0.4, -0.2) is 39.0 Å². The minimum absolute atomic E-state index is 0.0844. The molecule has 1 aliphatic carbocycles. The van der Waals surface area contributed by atoms with Gasteiger partial charge in [0.05, 0.1) is 17.7 Å². The van der Waals surface area contributed by atoms with Crippen molar-refractivity contribution in [3.8, 4) is 0 Å². The molecule has 2 heterocycles. The molecule has 0 bridgehead atoms. The molecule has 1 aromatic heterocycles. The number of β-amino-alcohol motifs (C(OH)–C–C–N with tert-alkyl or cyclic N) is 1. The van der Waals surface area contributed by atoms with Crippen LogP contribution in [0.2, 0.25) is 0 Å². The number of fused-ring (bicyclic) bond motifs is 1. The summed E-state index contributed by atoms with van der Waals surface area (Å²) in [5.74, 6) is -0.737. The van der Waals surface area contributed by atoms with Gasteiger partial charge in [-0.1, -0.05) is 12.8 Å². The summed E-state index contributed by atoms with van der Waals surface area (Å²) >= 11 is 0. The van der Waals surface area contributed by atoms with Gasteiger partial charge in [-0.2, -0.15) is 0 Å². The van der Waals surface area contributed by atoms with Crippen LogP contribution in [0, 0.1) is 0 Å². The molecule has 1 fully saturated rings. The van der Waals surface area contributed by atoms with Crippen LogP contribution >= 0.6 is 0 Å². The molecule has 1 saturated carbocycles. The number of aliphatic hydroxyl groups is 1. The zero-order valence-corrected chi connectivity index (χ0v) is 9.93. The molecule has 94 valence electrons. The molecular weight excluding hydrogens is 232 g/mol. The van der Waals surface area contributed by atoms with E-state index in [1.54, 1.807) is 12.1 Å². The van der Waals surface area contributed by atoms with Gasteiger partial charge >= 0.3 is 0 Å². The lowest BCUT2D eigenvalue weighted by molar-refractivity contribution is 0.0123. The molecule has 2 aliphatic rings. The second-order valence-electron chi connectivity index (χ2n) is 5.03. The van der Waals surface area contributed by atoms with Crippen molar-refractivity contribution in [2.24, 2.45) is 0 Å². The Kier molecular flexibility index (Phi) is 2.45. The van der Waals surface area contributed by atoms with Crippen molar-refractivity contribution in [2.75, 3.05) is 6.54 Å². The number of imide groups is 1. The maximum atomic E-state index is 12.1. The number of rotatable bonds is 2. The number of amides is 2. The quantitative estimate of drug-likeness (QED) is 0.790. The van der Waals surface area contributed by atoms with Gasteiger partial charge in [0.1, 0.15) is 5.69 Å². The Morgan fingerprint density at radius 3 is 2.67 bits per heavy atom. The molecule has 3 rings (SSSR count). The van der Waals surface area contributed by atoms with Crippen LogP contribution in [0.1, 0.15) is 46.5 Å². The van der Waals surface area contributed by atoms with Crippen LogP contribution in [0.25, 0.3) is 0 Å². The number of hydrogen-bond acceptors (Lipinski definition) is 4. The summed E-state index contributed by atoms with van der Waals surface area (Å²) in [6, 6.07) is 3.24. The zero-order valence-electron chi connectivity index (χ0n) is 9.93. The van der Waals surface area contributed by atoms with Crippen LogP contribution in [0.5, 0.6) is 0 Å². The maximum absolute atomic E-state index is 12.1. The number of nitrogens with zero attached hydrogens (tertiary/aromatic N) is 2. The average molecular weight is 246 g/mol. The second-order valence-corrected chi connectivity index (χ2v) is 5.03. The summed E-state index contributed by atoms with van der Waals surface area (Å²) < 4.78 is 0. The summed E-state index contributed by atoms with van der Waals surface area (Å²) in [7, 11) is 0. The molecule has 1 aromatic rings. The molecule has 1 N–H and O–H groups in total. The molecule has 1 aliphatic heterocycles. The monoisotopic (exact) mass is 246 g/mol. The van der Waals surface area contributed by atoms with Crippen molar-refractivity contribution >= 4 is 11.8 Å². The minimum atomic E-state index is -0.909. The van der Waals surface area contributed by atoms with Crippen LogP contribution < -0.4 is 0 Å². The normalized spacial score (nSPS) is 21.5. The number of pyridine rings is 1. The third-order valence-corrected chi connectivity index (χ3v) is 3.72. The Bertz CT molecular complexity index is 486.